The van der Waals surface area contributed by atoms with Crippen molar-refractivity contribution < 1.29 is 4.79 Å². The van der Waals surface area contributed by atoms with Crippen molar-refractivity contribution in [3.8, 4) is 11.3 Å². The standard InChI is InChI=1S/C25H24N8O2/c1-16-5-2-3-6-18(16)22-19-13-26-15-28-24(19)32(30-22)14-21(34)31-11-8-17(9-12-31)33-20-7-4-10-27-23(20)29-25(33)35/h2-7,10,13,15,17H,8-9,11-12,14H2,1H3,(H,27,29,35). The Morgan fingerprint density at radius 2 is 1.94 bits per heavy atom. The van der Waals surface area contributed by atoms with Crippen molar-refractivity contribution in [3.05, 3.63) is 71.2 Å². The van der Waals surface area contributed by atoms with Gasteiger partial charge in [0.1, 0.15) is 18.6 Å². The Hall–Kier alpha value is -4.34. The molecule has 0 radical (unpaired) electrons. The first kappa shape index (κ1) is 21.2. The van der Waals surface area contributed by atoms with E-state index in [1.54, 1.807) is 21.6 Å². The lowest BCUT2D eigenvalue weighted by Gasteiger charge is -2.32. The summed E-state index contributed by atoms with van der Waals surface area (Å²) in [6.45, 7) is 3.28. The highest BCUT2D eigenvalue weighted by atomic mass is 16.2. The smallest absolute Gasteiger partial charge is 0.327 e. The summed E-state index contributed by atoms with van der Waals surface area (Å²) >= 11 is 0. The lowest BCUT2D eigenvalue weighted by Crippen LogP contribution is -2.42. The van der Waals surface area contributed by atoms with Crippen LogP contribution in [0, 0.1) is 6.92 Å². The van der Waals surface area contributed by atoms with E-state index >= 15 is 0 Å². The SMILES string of the molecule is Cc1ccccc1-c1nn(CC(=O)N2CCC(n3c(=O)[nH]c4ncccc43)CC2)c2ncncc12. The Labute approximate surface area is 200 Å². The summed E-state index contributed by atoms with van der Waals surface area (Å²) in [6.07, 6.45) is 6.29. The van der Waals surface area contributed by atoms with Crippen LogP contribution in [-0.2, 0) is 11.3 Å². The molecule has 4 aromatic heterocycles. The number of aryl methyl sites for hydroxylation is 1. The molecule has 1 saturated heterocycles. The van der Waals surface area contributed by atoms with Gasteiger partial charge < -0.3 is 4.90 Å². The van der Waals surface area contributed by atoms with Gasteiger partial charge in [0, 0.05) is 37.1 Å². The van der Waals surface area contributed by atoms with E-state index in [0.717, 1.165) is 27.7 Å². The average Bonchev–Trinajstić information content (AvgIpc) is 3.41. The van der Waals surface area contributed by atoms with E-state index in [1.807, 2.05) is 48.2 Å². The zero-order valence-electron chi connectivity index (χ0n) is 19.3. The first-order chi connectivity index (χ1) is 17.1. The molecule has 10 nitrogen and oxygen atoms in total. The molecule has 1 fully saturated rings. The van der Waals surface area contributed by atoms with Crippen LogP contribution >= 0.6 is 0 Å². The molecule has 0 spiro atoms. The molecule has 1 aliphatic heterocycles. The number of H-pyrrole nitrogens is 1. The maximum Gasteiger partial charge on any atom is 0.327 e. The van der Waals surface area contributed by atoms with Crippen molar-refractivity contribution in [3.63, 3.8) is 0 Å². The molecule has 1 aliphatic rings. The van der Waals surface area contributed by atoms with Gasteiger partial charge in [0.05, 0.1) is 10.9 Å². The molecule has 0 saturated carbocycles. The van der Waals surface area contributed by atoms with Crippen LogP contribution in [0.15, 0.2) is 59.9 Å². The molecule has 0 aliphatic carbocycles. The molecule has 0 atom stereocenters. The van der Waals surface area contributed by atoms with E-state index in [0.29, 0.717) is 37.2 Å². The number of aromatic amines is 1. The predicted octanol–water partition coefficient (Wildman–Crippen LogP) is 2.70. The summed E-state index contributed by atoms with van der Waals surface area (Å²) in [7, 11) is 0. The fourth-order valence-electron chi connectivity index (χ4n) is 4.99. The maximum absolute atomic E-state index is 13.2. The molecule has 0 bridgehead atoms. The fraction of sp³-hybridized carbons (Fsp3) is 0.280. The van der Waals surface area contributed by atoms with Crippen LogP contribution in [-0.4, -0.2) is 58.2 Å². The maximum atomic E-state index is 13.2. The summed E-state index contributed by atoms with van der Waals surface area (Å²) in [5.74, 6) is -0.0178. The van der Waals surface area contributed by atoms with Gasteiger partial charge in [-0.1, -0.05) is 24.3 Å². The number of imidazole rings is 1. The molecule has 35 heavy (non-hydrogen) atoms. The highest BCUT2D eigenvalue weighted by Crippen LogP contribution is 2.29. The van der Waals surface area contributed by atoms with E-state index in [1.165, 1.54) is 6.33 Å². The number of fused-ring (bicyclic) bond motifs is 2. The summed E-state index contributed by atoms with van der Waals surface area (Å²) in [6, 6.07) is 11.8. The predicted molar refractivity (Wildman–Crippen MR) is 131 cm³/mol. The van der Waals surface area contributed by atoms with Crippen molar-refractivity contribution >= 4 is 28.1 Å². The monoisotopic (exact) mass is 468 g/mol. The van der Waals surface area contributed by atoms with Crippen LogP contribution in [0.5, 0.6) is 0 Å². The number of rotatable bonds is 4. The van der Waals surface area contributed by atoms with Crippen molar-refractivity contribution in [1.29, 1.82) is 0 Å². The Morgan fingerprint density at radius 1 is 1.11 bits per heavy atom. The van der Waals surface area contributed by atoms with Crippen LogP contribution in [0.2, 0.25) is 0 Å². The van der Waals surface area contributed by atoms with E-state index in [-0.39, 0.29) is 24.2 Å². The number of carbonyl (C=O) groups excluding carboxylic acids is 1. The second kappa shape index (κ2) is 8.46. The van der Waals surface area contributed by atoms with Gasteiger partial charge in [-0.05, 0) is 37.5 Å². The van der Waals surface area contributed by atoms with E-state index in [4.69, 9.17) is 5.10 Å². The number of nitrogens with zero attached hydrogens (tertiary/aromatic N) is 7. The number of carbonyl (C=O) groups is 1. The van der Waals surface area contributed by atoms with Crippen LogP contribution < -0.4 is 5.69 Å². The van der Waals surface area contributed by atoms with Crippen LogP contribution in [0.3, 0.4) is 0 Å². The third-order valence-electron chi connectivity index (χ3n) is 6.77. The number of amides is 1. The number of aromatic nitrogens is 7. The number of likely N-dealkylation sites (tertiary alicyclic amines) is 1. The first-order valence-electron chi connectivity index (χ1n) is 11.7. The minimum Gasteiger partial charge on any atom is -0.341 e. The summed E-state index contributed by atoms with van der Waals surface area (Å²) < 4.78 is 3.44. The number of piperidine rings is 1. The molecular weight excluding hydrogens is 444 g/mol. The lowest BCUT2D eigenvalue weighted by molar-refractivity contribution is -0.133. The molecule has 5 aromatic rings. The van der Waals surface area contributed by atoms with Gasteiger partial charge in [-0.15, -0.1) is 0 Å². The molecule has 5 heterocycles. The van der Waals surface area contributed by atoms with Crippen molar-refractivity contribution in [1.82, 2.24) is 39.2 Å². The van der Waals surface area contributed by atoms with E-state index in [9.17, 15) is 9.59 Å². The Bertz CT molecular complexity index is 1610. The number of benzene rings is 1. The minimum absolute atomic E-state index is 0.0178. The molecule has 0 unspecified atom stereocenters. The number of hydrogen-bond acceptors (Lipinski definition) is 6. The molecule has 1 amide bonds. The average molecular weight is 469 g/mol. The van der Waals surface area contributed by atoms with Crippen molar-refractivity contribution in [2.45, 2.75) is 32.4 Å². The van der Waals surface area contributed by atoms with Gasteiger partial charge in [-0.3, -0.25) is 14.3 Å². The summed E-state index contributed by atoms with van der Waals surface area (Å²) in [4.78, 5) is 43.3. The first-order valence-corrected chi connectivity index (χ1v) is 11.7. The number of hydrogen-bond donors (Lipinski definition) is 1. The van der Waals surface area contributed by atoms with Crippen molar-refractivity contribution in [2.24, 2.45) is 0 Å². The van der Waals surface area contributed by atoms with E-state index in [2.05, 4.69) is 19.9 Å². The Kier molecular flexibility index (Phi) is 5.13. The second-order valence-electron chi connectivity index (χ2n) is 8.86. The Morgan fingerprint density at radius 3 is 2.77 bits per heavy atom. The molecule has 6 rings (SSSR count). The normalized spacial score (nSPS) is 14.7. The third-order valence-corrected chi connectivity index (χ3v) is 6.77. The summed E-state index contributed by atoms with van der Waals surface area (Å²) in [5, 5.41) is 5.59. The number of nitrogens with one attached hydrogen (secondary N) is 1. The molecular formula is C25H24N8O2. The second-order valence-corrected chi connectivity index (χ2v) is 8.86. The van der Waals surface area contributed by atoms with Crippen molar-refractivity contribution in [2.75, 3.05) is 13.1 Å². The van der Waals surface area contributed by atoms with Gasteiger partial charge in [0.25, 0.3) is 0 Å². The van der Waals surface area contributed by atoms with Gasteiger partial charge in [-0.2, -0.15) is 5.10 Å². The van der Waals surface area contributed by atoms with Gasteiger partial charge >= 0.3 is 5.69 Å². The third kappa shape index (κ3) is 3.67. The fourth-order valence-corrected chi connectivity index (χ4v) is 4.99. The van der Waals surface area contributed by atoms with Gasteiger partial charge in [-0.25, -0.2) is 24.4 Å². The quantitative estimate of drug-likeness (QED) is 0.434. The molecule has 1 aromatic carbocycles. The Balaban J connectivity index is 1.22. The lowest BCUT2D eigenvalue weighted by atomic mass is 10.0. The largest absolute Gasteiger partial charge is 0.341 e. The molecule has 10 heteroatoms. The van der Waals surface area contributed by atoms with Gasteiger partial charge in [0.15, 0.2) is 11.3 Å². The van der Waals surface area contributed by atoms with Crippen LogP contribution in [0.1, 0.15) is 24.4 Å². The zero-order chi connectivity index (χ0) is 23.9. The van der Waals surface area contributed by atoms with E-state index < -0.39 is 0 Å². The molecule has 176 valence electrons. The highest BCUT2D eigenvalue weighted by molar-refractivity contribution is 5.92. The topological polar surface area (TPSA) is 115 Å². The van der Waals surface area contributed by atoms with Gasteiger partial charge in [0.2, 0.25) is 5.91 Å². The minimum atomic E-state index is -0.157. The number of pyridine rings is 1. The zero-order valence-corrected chi connectivity index (χ0v) is 19.3. The molecule has 1 N–H and O–H groups in total. The van der Waals surface area contributed by atoms with Crippen LogP contribution in [0.4, 0.5) is 0 Å². The highest BCUT2D eigenvalue weighted by Gasteiger charge is 2.27. The van der Waals surface area contributed by atoms with Crippen LogP contribution in [0.25, 0.3) is 33.5 Å². The summed E-state index contributed by atoms with van der Waals surface area (Å²) in [5.41, 5.74) is 4.74.